The summed E-state index contributed by atoms with van der Waals surface area (Å²) in [6, 6.07) is 9.79. The molecule has 0 spiro atoms. The van der Waals surface area contributed by atoms with Gasteiger partial charge in [-0.2, -0.15) is 132 Å². The molecule has 0 bridgehead atoms. The Hall–Kier alpha value is -4.10. The number of hydrogen-bond donors (Lipinski definition) is 0. The molecule has 0 aromatic heterocycles. The average Bonchev–Trinajstić information content (AvgIpc) is 3.16. The summed E-state index contributed by atoms with van der Waals surface area (Å²) in [7, 11) is 0. The molecule has 0 radical (unpaired) electrons. The van der Waals surface area contributed by atoms with Gasteiger partial charge in [-0.1, -0.05) is 36.1 Å². The fourth-order valence-corrected chi connectivity index (χ4v) is 5.32. The van der Waals surface area contributed by atoms with E-state index in [2.05, 4.69) is 11.8 Å². The molecule has 0 amide bonds. The van der Waals surface area contributed by atoms with Gasteiger partial charge in [-0.25, -0.2) is 0 Å². The van der Waals surface area contributed by atoms with Gasteiger partial charge in [0.05, 0.1) is 0 Å². The first-order valence-electron chi connectivity index (χ1n) is 17.5. The molecule has 0 atom stereocenters. The number of rotatable bonds is 20. The van der Waals surface area contributed by atoms with E-state index >= 15 is 0 Å². The van der Waals surface area contributed by atoms with E-state index in [1.807, 2.05) is 0 Å². The molecule has 0 N–H and O–H groups in total. The summed E-state index contributed by atoms with van der Waals surface area (Å²) in [6.45, 7) is 0. The average molecular weight is 1030 g/mol. The van der Waals surface area contributed by atoms with E-state index in [1.165, 1.54) is 48.5 Å². The van der Waals surface area contributed by atoms with Gasteiger partial charge in [0.2, 0.25) is 0 Å². The van der Waals surface area contributed by atoms with E-state index < -0.39 is 122 Å². The fraction of sp³-hybridized carbons (Fsp3) is 0.611. The van der Waals surface area contributed by atoms with Gasteiger partial charge < -0.3 is 0 Å². The maximum atomic E-state index is 14.1. The van der Waals surface area contributed by atoms with Gasteiger partial charge in [-0.3, -0.25) is 0 Å². The predicted octanol–water partition coefficient (Wildman–Crippen LogP) is 15.3. The van der Waals surface area contributed by atoms with E-state index in [-0.39, 0.29) is 35.1 Å². The van der Waals surface area contributed by atoms with E-state index in [0.717, 1.165) is 0 Å². The minimum atomic E-state index is -8.39. The lowest BCUT2D eigenvalue weighted by Gasteiger charge is -2.41. The van der Waals surface area contributed by atoms with Crippen LogP contribution in [-0.4, -0.2) is 83.4 Å². The monoisotopic (exact) mass is 1030 g/mol. The maximum Gasteiger partial charge on any atom is 0.460 e. The third kappa shape index (κ3) is 9.90. The molecular weight excluding hydrogens is 1000 g/mol. The molecular formula is C36H24F30. The van der Waals surface area contributed by atoms with Crippen LogP contribution >= 0.6 is 0 Å². The van der Waals surface area contributed by atoms with Crippen molar-refractivity contribution in [2.45, 2.75) is 135 Å². The third-order valence-corrected chi connectivity index (χ3v) is 9.46. The van der Waals surface area contributed by atoms with E-state index in [9.17, 15) is 132 Å². The number of alkyl halides is 30. The Kier molecular flexibility index (Phi) is 15.9. The largest absolute Gasteiger partial charge is 0.460 e. The summed E-state index contributed by atoms with van der Waals surface area (Å²) in [5, 5.41) is 0. The molecule has 66 heavy (non-hydrogen) atoms. The smallest absolute Gasteiger partial charge is 0.200 e. The summed E-state index contributed by atoms with van der Waals surface area (Å²) in [6.07, 6.45) is -25.0. The Labute approximate surface area is 349 Å². The second-order valence-corrected chi connectivity index (χ2v) is 14.2. The number of halogens is 30. The van der Waals surface area contributed by atoms with Gasteiger partial charge in [0.15, 0.2) is 0 Å². The van der Waals surface area contributed by atoms with Crippen LogP contribution in [0.15, 0.2) is 48.5 Å². The van der Waals surface area contributed by atoms with Gasteiger partial charge in [-0.05, 0) is 73.9 Å². The van der Waals surface area contributed by atoms with Crippen molar-refractivity contribution in [1.29, 1.82) is 0 Å². The minimum Gasteiger partial charge on any atom is -0.200 e. The van der Waals surface area contributed by atoms with Crippen molar-refractivity contribution in [2.75, 3.05) is 0 Å². The highest BCUT2D eigenvalue weighted by Crippen LogP contribution is 2.64. The highest BCUT2D eigenvalue weighted by Gasteiger charge is 2.94. The minimum absolute atomic E-state index is 0.170. The van der Waals surface area contributed by atoms with Crippen molar-refractivity contribution in [1.82, 2.24) is 0 Å². The summed E-state index contributed by atoms with van der Waals surface area (Å²) < 4.78 is 401. The molecule has 2 aromatic carbocycles. The molecule has 0 saturated carbocycles. The maximum absolute atomic E-state index is 14.1. The second kappa shape index (κ2) is 18.1. The first-order valence-corrected chi connectivity index (χ1v) is 17.5. The van der Waals surface area contributed by atoms with Crippen LogP contribution in [0.25, 0.3) is 0 Å². The Morgan fingerprint density at radius 2 is 0.470 bits per heavy atom. The standard InChI is InChI=1S/C36H24F30/c37-23(38,25(41,42)27(45,46)29(49,50)31(53,54)33(57,58)35(61,62)63)17-3-1-5-19-7-11-21(12-8-19)15-16-22-13-9-20(10-14-22)6-2-4-18-24(39,40)26(43,44)28(47,48)30(51,52)32(55,56)34(59,60)36(64,65)66/h7-14H,1-6,17-18H2. The quantitative estimate of drug-likeness (QED) is 0.0704. The van der Waals surface area contributed by atoms with Crippen molar-refractivity contribution in [3.63, 3.8) is 0 Å². The molecule has 0 heterocycles. The van der Waals surface area contributed by atoms with Crippen LogP contribution in [0.5, 0.6) is 0 Å². The van der Waals surface area contributed by atoms with Crippen molar-refractivity contribution in [3.05, 3.63) is 70.8 Å². The summed E-state index contributed by atoms with van der Waals surface area (Å²) in [5.74, 6) is -88.9. The highest BCUT2D eigenvalue weighted by molar-refractivity contribution is 5.44. The number of aryl methyl sites for hydroxylation is 2. The van der Waals surface area contributed by atoms with E-state index in [4.69, 9.17) is 0 Å². The Morgan fingerprint density at radius 3 is 0.697 bits per heavy atom. The third-order valence-electron chi connectivity index (χ3n) is 9.46. The number of benzene rings is 2. The molecule has 0 aliphatic rings. The molecule has 2 rings (SSSR count). The lowest BCUT2D eigenvalue weighted by Crippen LogP contribution is -2.72. The second-order valence-electron chi connectivity index (χ2n) is 14.2. The zero-order valence-corrected chi connectivity index (χ0v) is 31.6. The van der Waals surface area contributed by atoms with Crippen LogP contribution < -0.4 is 0 Å². The number of hydrogen-bond acceptors (Lipinski definition) is 0. The molecule has 0 aliphatic carbocycles. The highest BCUT2D eigenvalue weighted by atomic mass is 19.4. The van der Waals surface area contributed by atoms with Crippen LogP contribution in [0.3, 0.4) is 0 Å². The predicted molar refractivity (Wildman–Crippen MR) is 165 cm³/mol. The number of unbranched alkanes of at least 4 members (excludes halogenated alkanes) is 2. The van der Waals surface area contributed by atoms with Crippen LogP contribution in [0.2, 0.25) is 0 Å². The molecule has 378 valence electrons. The SMILES string of the molecule is FC(F)(F)C(F)(F)C(F)(F)C(F)(F)C(F)(F)C(F)(F)C(F)(F)CCCCc1ccc(C#Cc2ccc(CCCCC(F)(F)C(F)(F)C(F)(F)C(F)(F)C(F)(F)C(F)(F)C(F)(F)F)cc2)cc1. The Balaban J connectivity index is 2.01. The summed E-state index contributed by atoms with van der Waals surface area (Å²) in [4.78, 5) is 0. The van der Waals surface area contributed by atoms with Crippen LogP contribution in [0.4, 0.5) is 132 Å². The van der Waals surface area contributed by atoms with Crippen LogP contribution in [0, 0.1) is 11.8 Å². The van der Waals surface area contributed by atoms with Crippen molar-refractivity contribution in [2.24, 2.45) is 0 Å². The van der Waals surface area contributed by atoms with E-state index in [1.54, 1.807) is 0 Å². The van der Waals surface area contributed by atoms with Crippen molar-refractivity contribution >= 4 is 0 Å². The van der Waals surface area contributed by atoms with Gasteiger partial charge >= 0.3 is 83.4 Å². The van der Waals surface area contributed by atoms with Crippen molar-refractivity contribution in [3.8, 4) is 11.8 Å². The lowest BCUT2D eigenvalue weighted by atomic mass is 9.89. The molecule has 0 nitrogen and oxygen atoms in total. The van der Waals surface area contributed by atoms with Crippen LogP contribution in [0.1, 0.15) is 60.8 Å². The zero-order chi connectivity index (χ0) is 52.0. The molecule has 0 saturated heterocycles. The first kappa shape index (κ1) is 58.0. The Bertz CT molecular complexity index is 1850. The Morgan fingerprint density at radius 1 is 0.258 bits per heavy atom. The first-order chi connectivity index (χ1) is 29.1. The topological polar surface area (TPSA) is 0 Å². The molecule has 0 unspecified atom stereocenters. The van der Waals surface area contributed by atoms with Gasteiger partial charge in [0.1, 0.15) is 0 Å². The van der Waals surface area contributed by atoms with Gasteiger partial charge in [-0.15, -0.1) is 0 Å². The normalized spacial score (nSPS) is 15.2. The van der Waals surface area contributed by atoms with E-state index in [0.29, 0.717) is 0 Å². The lowest BCUT2D eigenvalue weighted by molar-refractivity contribution is -0.452. The van der Waals surface area contributed by atoms with Gasteiger partial charge in [0.25, 0.3) is 0 Å². The molecule has 0 fully saturated rings. The molecule has 2 aromatic rings. The van der Waals surface area contributed by atoms with Crippen LogP contribution in [-0.2, 0) is 12.8 Å². The molecule has 0 aliphatic heterocycles. The van der Waals surface area contributed by atoms with Crippen molar-refractivity contribution < 1.29 is 132 Å². The molecule has 30 heteroatoms. The summed E-state index contributed by atoms with van der Waals surface area (Å²) >= 11 is 0. The zero-order valence-electron chi connectivity index (χ0n) is 31.6. The fourth-order valence-electron chi connectivity index (χ4n) is 5.32. The summed E-state index contributed by atoms with van der Waals surface area (Å²) in [5.41, 5.74) is 0.685. The van der Waals surface area contributed by atoms with Gasteiger partial charge in [0, 0.05) is 24.0 Å².